The molecule has 2 rings (SSSR count). The highest BCUT2D eigenvalue weighted by atomic mass is 16.5. The van der Waals surface area contributed by atoms with Gasteiger partial charge in [0.2, 0.25) is 0 Å². The minimum atomic E-state index is -0.319. The van der Waals surface area contributed by atoms with Crippen LogP contribution < -0.4 is 0 Å². The molecule has 0 bridgehead atoms. The zero-order valence-corrected chi connectivity index (χ0v) is 9.97. The van der Waals surface area contributed by atoms with Gasteiger partial charge in [0.15, 0.2) is 0 Å². The number of carbonyl (C=O) groups is 1. The van der Waals surface area contributed by atoms with Gasteiger partial charge in [0.05, 0.1) is 12.1 Å². The predicted octanol–water partition coefficient (Wildman–Crippen LogP) is 2.42. The number of ether oxygens (including phenoxy) is 2. The van der Waals surface area contributed by atoms with Crippen LogP contribution in [0.3, 0.4) is 0 Å². The maximum absolute atomic E-state index is 11.8. The second kappa shape index (κ2) is 5.01. The van der Waals surface area contributed by atoms with Crippen LogP contribution in [-0.4, -0.2) is 24.3 Å². The maximum atomic E-state index is 11.8. The summed E-state index contributed by atoms with van der Waals surface area (Å²) in [4.78, 5) is 11.8. The second-order valence-electron chi connectivity index (χ2n) is 3.65. The molecule has 0 unspecified atom stereocenters. The number of rotatable bonds is 4. The van der Waals surface area contributed by atoms with Gasteiger partial charge in [-0.05, 0) is 19.1 Å². The van der Waals surface area contributed by atoms with Gasteiger partial charge in [-0.25, -0.2) is 4.79 Å². The van der Waals surface area contributed by atoms with Crippen LogP contribution in [0.25, 0.3) is 10.9 Å². The van der Waals surface area contributed by atoms with E-state index in [1.54, 1.807) is 14.0 Å². The van der Waals surface area contributed by atoms with Crippen molar-refractivity contribution in [2.24, 2.45) is 0 Å². The number of hydrogen-bond acceptors (Lipinski definition) is 3. The summed E-state index contributed by atoms with van der Waals surface area (Å²) in [5.41, 5.74) is 1.49. The molecule has 0 aliphatic rings. The number of hydrogen-bond donors (Lipinski definition) is 0. The number of aromatic nitrogens is 1. The van der Waals surface area contributed by atoms with E-state index >= 15 is 0 Å². The molecule has 0 atom stereocenters. The van der Waals surface area contributed by atoms with Crippen molar-refractivity contribution in [3.8, 4) is 0 Å². The van der Waals surface area contributed by atoms with Gasteiger partial charge in [-0.15, -0.1) is 0 Å². The summed E-state index contributed by atoms with van der Waals surface area (Å²) in [5, 5.41) is 1.01. The summed E-state index contributed by atoms with van der Waals surface area (Å²) in [7, 11) is 1.60. The van der Waals surface area contributed by atoms with E-state index in [4.69, 9.17) is 9.47 Å². The van der Waals surface area contributed by atoms with Crippen LogP contribution in [0.5, 0.6) is 0 Å². The Balaban J connectivity index is 2.53. The molecule has 1 aromatic carbocycles. The highest BCUT2D eigenvalue weighted by Crippen LogP contribution is 2.20. The Morgan fingerprint density at radius 2 is 2.12 bits per heavy atom. The first-order valence-corrected chi connectivity index (χ1v) is 5.52. The molecule has 1 aromatic heterocycles. The topological polar surface area (TPSA) is 40.5 Å². The number of carbonyl (C=O) groups excluding carboxylic acids is 1. The van der Waals surface area contributed by atoms with Crippen molar-refractivity contribution in [2.45, 2.75) is 13.7 Å². The molecular formula is C13H15NO3. The monoisotopic (exact) mass is 233 g/mol. The first-order valence-electron chi connectivity index (χ1n) is 5.52. The van der Waals surface area contributed by atoms with E-state index in [1.807, 2.05) is 34.9 Å². The number of para-hydroxylation sites is 1. The largest absolute Gasteiger partial charge is 0.461 e. The molecule has 0 saturated carbocycles. The quantitative estimate of drug-likeness (QED) is 0.761. The molecule has 0 amide bonds. The van der Waals surface area contributed by atoms with Crippen LogP contribution in [0.2, 0.25) is 0 Å². The van der Waals surface area contributed by atoms with E-state index in [0.29, 0.717) is 19.0 Å². The number of nitrogens with zero attached hydrogens (tertiary/aromatic N) is 1. The summed E-state index contributed by atoms with van der Waals surface area (Å²) in [6.07, 6.45) is 0. The van der Waals surface area contributed by atoms with Gasteiger partial charge in [0, 0.05) is 12.5 Å². The number of methoxy groups -OCH3 is 1. The Morgan fingerprint density at radius 3 is 2.82 bits per heavy atom. The Bertz CT molecular complexity index is 530. The molecular weight excluding hydrogens is 218 g/mol. The van der Waals surface area contributed by atoms with E-state index in [9.17, 15) is 4.79 Å². The van der Waals surface area contributed by atoms with Crippen LogP contribution >= 0.6 is 0 Å². The van der Waals surface area contributed by atoms with Gasteiger partial charge in [-0.1, -0.05) is 18.2 Å². The van der Waals surface area contributed by atoms with Crippen LogP contribution in [-0.2, 0) is 16.2 Å². The zero-order chi connectivity index (χ0) is 12.3. The molecule has 0 N–H and O–H groups in total. The average molecular weight is 233 g/mol. The lowest BCUT2D eigenvalue weighted by atomic mass is 10.2. The van der Waals surface area contributed by atoms with E-state index < -0.39 is 0 Å². The minimum absolute atomic E-state index is 0.319. The first kappa shape index (κ1) is 11.7. The number of esters is 1. The third kappa shape index (κ3) is 2.17. The summed E-state index contributed by atoms with van der Waals surface area (Å²) in [6, 6.07) is 9.62. The molecule has 0 spiro atoms. The summed E-state index contributed by atoms with van der Waals surface area (Å²) >= 11 is 0. The van der Waals surface area contributed by atoms with Gasteiger partial charge < -0.3 is 14.0 Å². The zero-order valence-electron chi connectivity index (χ0n) is 9.97. The summed E-state index contributed by atoms with van der Waals surface area (Å²) in [5.74, 6) is -0.319. The van der Waals surface area contributed by atoms with Crippen molar-refractivity contribution in [3.63, 3.8) is 0 Å². The number of fused-ring (bicyclic) bond motifs is 1. The average Bonchev–Trinajstić information content (AvgIpc) is 2.70. The lowest BCUT2D eigenvalue weighted by Crippen LogP contribution is -2.12. The molecule has 4 nitrogen and oxygen atoms in total. The van der Waals surface area contributed by atoms with E-state index in [-0.39, 0.29) is 5.97 Å². The van der Waals surface area contributed by atoms with Crippen molar-refractivity contribution >= 4 is 16.9 Å². The molecule has 0 fully saturated rings. The maximum Gasteiger partial charge on any atom is 0.355 e. The third-order valence-corrected chi connectivity index (χ3v) is 2.55. The molecule has 2 aromatic rings. The normalized spacial score (nSPS) is 10.7. The highest BCUT2D eigenvalue weighted by Gasteiger charge is 2.15. The Labute approximate surface area is 99.7 Å². The van der Waals surface area contributed by atoms with Gasteiger partial charge in [-0.3, -0.25) is 0 Å². The Kier molecular flexibility index (Phi) is 3.44. The Hall–Kier alpha value is -1.81. The van der Waals surface area contributed by atoms with E-state index in [0.717, 1.165) is 10.9 Å². The molecule has 4 heteroatoms. The molecule has 0 radical (unpaired) electrons. The van der Waals surface area contributed by atoms with Crippen molar-refractivity contribution < 1.29 is 14.3 Å². The van der Waals surface area contributed by atoms with Gasteiger partial charge >= 0.3 is 5.97 Å². The smallest absolute Gasteiger partial charge is 0.355 e. The van der Waals surface area contributed by atoms with Crippen LogP contribution in [0, 0.1) is 0 Å². The second-order valence-corrected chi connectivity index (χ2v) is 3.65. The molecule has 0 aliphatic carbocycles. The van der Waals surface area contributed by atoms with Crippen LogP contribution in [0.1, 0.15) is 17.4 Å². The molecule has 90 valence electrons. The van der Waals surface area contributed by atoms with Crippen molar-refractivity contribution in [1.82, 2.24) is 4.57 Å². The first-order chi connectivity index (χ1) is 8.27. The predicted molar refractivity (Wildman–Crippen MR) is 64.9 cm³/mol. The van der Waals surface area contributed by atoms with Gasteiger partial charge in [0.25, 0.3) is 0 Å². The van der Waals surface area contributed by atoms with Gasteiger partial charge in [0.1, 0.15) is 12.4 Å². The summed E-state index contributed by atoms with van der Waals surface area (Å²) < 4.78 is 12.0. The fourth-order valence-corrected chi connectivity index (χ4v) is 1.85. The lowest BCUT2D eigenvalue weighted by molar-refractivity contribution is 0.0496. The van der Waals surface area contributed by atoms with Crippen LogP contribution in [0.4, 0.5) is 0 Å². The molecule has 1 heterocycles. The van der Waals surface area contributed by atoms with Crippen molar-refractivity contribution in [3.05, 3.63) is 36.0 Å². The van der Waals surface area contributed by atoms with Crippen molar-refractivity contribution in [2.75, 3.05) is 13.7 Å². The lowest BCUT2D eigenvalue weighted by Gasteiger charge is -2.08. The minimum Gasteiger partial charge on any atom is -0.461 e. The summed E-state index contributed by atoms with van der Waals surface area (Å²) in [6.45, 7) is 2.50. The fourth-order valence-electron chi connectivity index (χ4n) is 1.85. The van der Waals surface area contributed by atoms with E-state index in [2.05, 4.69) is 0 Å². The number of benzene rings is 1. The van der Waals surface area contributed by atoms with Crippen molar-refractivity contribution in [1.29, 1.82) is 0 Å². The van der Waals surface area contributed by atoms with E-state index in [1.165, 1.54) is 0 Å². The third-order valence-electron chi connectivity index (χ3n) is 2.55. The SMILES string of the molecule is CCOC(=O)c1cc2ccccc2n1COC. The molecule has 17 heavy (non-hydrogen) atoms. The standard InChI is InChI=1S/C13H15NO3/c1-3-17-13(15)12-8-10-6-4-5-7-11(10)14(12)9-16-2/h4-8H,3,9H2,1-2H3. The van der Waals surface area contributed by atoms with Gasteiger partial charge in [-0.2, -0.15) is 0 Å². The Morgan fingerprint density at radius 1 is 1.35 bits per heavy atom. The fraction of sp³-hybridized carbons (Fsp3) is 0.308. The molecule has 0 saturated heterocycles. The van der Waals surface area contributed by atoms with Crippen LogP contribution in [0.15, 0.2) is 30.3 Å². The highest BCUT2D eigenvalue weighted by molar-refractivity contribution is 5.95. The molecule has 0 aliphatic heterocycles.